The smallest absolute Gasteiger partial charge is 0.240 e. The Morgan fingerprint density at radius 1 is 1.10 bits per heavy atom. The number of hydrogen-bond donors (Lipinski definition) is 3. The van der Waals surface area contributed by atoms with E-state index in [1.165, 1.54) is 13.1 Å². The topological polar surface area (TPSA) is 117 Å². The van der Waals surface area contributed by atoms with Crippen molar-refractivity contribution in [3.05, 3.63) is 72.6 Å². The van der Waals surface area contributed by atoms with E-state index in [1.54, 1.807) is 42.7 Å². The molecular formula is C21H19N5O3S. The highest BCUT2D eigenvalue weighted by molar-refractivity contribution is 7.89. The molecule has 0 unspecified atom stereocenters. The van der Waals surface area contributed by atoms with Crippen LogP contribution >= 0.6 is 0 Å². The number of nitrogens with one attached hydrogen (secondary N) is 3. The minimum Gasteiger partial charge on any atom is -0.326 e. The summed E-state index contributed by atoms with van der Waals surface area (Å²) in [6.07, 6.45) is 3.53. The Morgan fingerprint density at radius 3 is 2.73 bits per heavy atom. The van der Waals surface area contributed by atoms with Crippen molar-refractivity contribution >= 4 is 32.5 Å². The first-order chi connectivity index (χ1) is 14.5. The summed E-state index contributed by atoms with van der Waals surface area (Å²) in [5.74, 6) is -0.158. The van der Waals surface area contributed by atoms with Crippen molar-refractivity contribution < 1.29 is 13.2 Å². The lowest BCUT2D eigenvalue weighted by Crippen LogP contribution is -2.18. The SMILES string of the molecule is CNS(=O)(=O)c1cccc(-c2n[nH]c3ccc(NC(=O)Cc4cccnc4)cc23)c1. The van der Waals surface area contributed by atoms with Gasteiger partial charge in [0.25, 0.3) is 0 Å². The summed E-state index contributed by atoms with van der Waals surface area (Å²) >= 11 is 0. The molecule has 1 amide bonds. The van der Waals surface area contributed by atoms with E-state index in [0.29, 0.717) is 16.9 Å². The zero-order valence-corrected chi connectivity index (χ0v) is 16.9. The van der Waals surface area contributed by atoms with E-state index in [0.717, 1.165) is 16.5 Å². The fourth-order valence-corrected chi connectivity index (χ4v) is 3.91. The number of hydrogen-bond acceptors (Lipinski definition) is 5. The number of H-pyrrole nitrogens is 1. The molecule has 0 atom stereocenters. The number of nitrogens with zero attached hydrogens (tertiary/aromatic N) is 2. The molecule has 3 N–H and O–H groups in total. The molecule has 8 nitrogen and oxygen atoms in total. The summed E-state index contributed by atoms with van der Waals surface area (Å²) in [6.45, 7) is 0. The summed E-state index contributed by atoms with van der Waals surface area (Å²) in [5.41, 5.74) is 3.47. The van der Waals surface area contributed by atoms with Crippen LogP contribution in [0.25, 0.3) is 22.2 Å². The number of anilines is 1. The van der Waals surface area contributed by atoms with Crippen LogP contribution in [0.4, 0.5) is 5.69 Å². The number of pyridine rings is 1. The second kappa shape index (κ2) is 8.05. The highest BCUT2D eigenvalue weighted by atomic mass is 32.2. The Bertz CT molecular complexity index is 1320. The van der Waals surface area contributed by atoms with E-state index in [9.17, 15) is 13.2 Å². The Kier molecular flexibility index (Phi) is 5.30. The number of aromatic amines is 1. The van der Waals surface area contributed by atoms with Crippen LogP contribution < -0.4 is 10.0 Å². The third-order valence-electron chi connectivity index (χ3n) is 4.62. The van der Waals surface area contributed by atoms with E-state index in [4.69, 9.17) is 0 Å². The van der Waals surface area contributed by atoms with Gasteiger partial charge in [-0.25, -0.2) is 13.1 Å². The Morgan fingerprint density at radius 2 is 1.97 bits per heavy atom. The highest BCUT2D eigenvalue weighted by Crippen LogP contribution is 2.29. The van der Waals surface area contributed by atoms with Crippen LogP contribution in [0.3, 0.4) is 0 Å². The second-order valence-electron chi connectivity index (χ2n) is 6.65. The van der Waals surface area contributed by atoms with E-state index in [2.05, 4.69) is 25.2 Å². The molecule has 152 valence electrons. The molecule has 9 heteroatoms. The number of carbonyl (C=O) groups excluding carboxylic acids is 1. The first-order valence-electron chi connectivity index (χ1n) is 9.17. The van der Waals surface area contributed by atoms with Crippen LogP contribution in [0, 0.1) is 0 Å². The van der Waals surface area contributed by atoms with E-state index in [-0.39, 0.29) is 17.2 Å². The third kappa shape index (κ3) is 4.07. The Balaban J connectivity index is 1.64. The summed E-state index contributed by atoms with van der Waals surface area (Å²) < 4.78 is 26.6. The van der Waals surface area contributed by atoms with Crippen molar-refractivity contribution in [2.75, 3.05) is 12.4 Å². The quantitative estimate of drug-likeness (QED) is 0.443. The lowest BCUT2D eigenvalue weighted by atomic mass is 10.1. The van der Waals surface area contributed by atoms with Gasteiger partial charge in [0.15, 0.2) is 0 Å². The van der Waals surface area contributed by atoms with Crippen molar-refractivity contribution in [2.45, 2.75) is 11.3 Å². The predicted octanol–water partition coefficient (Wildman–Crippen LogP) is 2.71. The molecule has 0 saturated heterocycles. The summed E-state index contributed by atoms with van der Waals surface area (Å²) in [7, 11) is -2.20. The maximum absolute atomic E-state index is 12.4. The number of sulfonamides is 1. The molecule has 4 rings (SSSR count). The lowest BCUT2D eigenvalue weighted by molar-refractivity contribution is -0.115. The van der Waals surface area contributed by atoms with Gasteiger partial charge in [-0.1, -0.05) is 18.2 Å². The number of carbonyl (C=O) groups is 1. The molecule has 0 aliphatic carbocycles. The first kappa shape index (κ1) is 19.7. The molecule has 30 heavy (non-hydrogen) atoms. The van der Waals surface area contributed by atoms with Crippen molar-refractivity contribution in [2.24, 2.45) is 0 Å². The molecule has 4 aromatic rings. The molecule has 0 radical (unpaired) electrons. The fraction of sp³-hybridized carbons (Fsp3) is 0.0952. The van der Waals surface area contributed by atoms with Crippen LogP contribution in [0.1, 0.15) is 5.56 Å². The van der Waals surface area contributed by atoms with E-state index < -0.39 is 10.0 Å². The van der Waals surface area contributed by atoms with Gasteiger partial charge >= 0.3 is 0 Å². The van der Waals surface area contributed by atoms with Gasteiger partial charge in [-0.2, -0.15) is 5.10 Å². The van der Waals surface area contributed by atoms with Gasteiger partial charge in [0.1, 0.15) is 5.69 Å². The van der Waals surface area contributed by atoms with Gasteiger partial charge in [-0.3, -0.25) is 14.9 Å². The van der Waals surface area contributed by atoms with Crippen molar-refractivity contribution in [3.8, 4) is 11.3 Å². The maximum atomic E-state index is 12.4. The molecule has 2 aromatic heterocycles. The highest BCUT2D eigenvalue weighted by Gasteiger charge is 2.15. The van der Waals surface area contributed by atoms with Gasteiger partial charge in [0.2, 0.25) is 15.9 Å². The monoisotopic (exact) mass is 421 g/mol. The van der Waals surface area contributed by atoms with Gasteiger partial charge < -0.3 is 5.32 Å². The van der Waals surface area contributed by atoms with Gasteiger partial charge in [0, 0.05) is 29.0 Å². The zero-order chi connectivity index (χ0) is 21.1. The fourth-order valence-electron chi connectivity index (χ4n) is 3.13. The molecule has 0 saturated carbocycles. The normalized spacial score (nSPS) is 11.5. The minimum absolute atomic E-state index is 0.152. The number of fused-ring (bicyclic) bond motifs is 1. The number of rotatable bonds is 6. The third-order valence-corrected chi connectivity index (χ3v) is 6.03. The number of benzene rings is 2. The maximum Gasteiger partial charge on any atom is 0.240 e. The second-order valence-corrected chi connectivity index (χ2v) is 8.54. The molecule has 0 bridgehead atoms. The predicted molar refractivity (Wildman–Crippen MR) is 114 cm³/mol. The van der Waals surface area contributed by atoms with Gasteiger partial charge in [-0.05, 0) is 49.0 Å². The standard InChI is InChI=1S/C21H19N5O3S/c1-22-30(28,29)17-6-2-5-15(11-17)21-18-12-16(7-8-19(18)25-26-21)24-20(27)10-14-4-3-9-23-13-14/h2-9,11-13,22H,10H2,1H3,(H,24,27)(H,25,26). The first-order valence-corrected chi connectivity index (χ1v) is 10.7. The van der Waals surface area contributed by atoms with Crippen LogP contribution in [-0.4, -0.2) is 36.6 Å². The Labute approximate surface area is 173 Å². The van der Waals surface area contributed by atoms with Gasteiger partial charge in [0.05, 0.1) is 16.8 Å². The minimum atomic E-state index is -3.57. The van der Waals surface area contributed by atoms with Crippen LogP contribution in [0.2, 0.25) is 0 Å². The number of aromatic nitrogens is 3. The van der Waals surface area contributed by atoms with Crippen LogP contribution in [0.15, 0.2) is 71.9 Å². The van der Waals surface area contributed by atoms with Crippen molar-refractivity contribution in [3.63, 3.8) is 0 Å². The summed E-state index contributed by atoms with van der Waals surface area (Å²) in [6, 6.07) is 15.6. The molecule has 0 spiro atoms. The molecule has 2 heterocycles. The van der Waals surface area contributed by atoms with Crippen molar-refractivity contribution in [1.29, 1.82) is 0 Å². The molecule has 0 aliphatic heterocycles. The average molecular weight is 421 g/mol. The molecular weight excluding hydrogens is 402 g/mol. The van der Waals surface area contributed by atoms with Gasteiger partial charge in [-0.15, -0.1) is 0 Å². The van der Waals surface area contributed by atoms with Crippen LogP contribution in [0.5, 0.6) is 0 Å². The number of amides is 1. The van der Waals surface area contributed by atoms with E-state index in [1.807, 2.05) is 18.2 Å². The molecule has 0 fully saturated rings. The summed E-state index contributed by atoms with van der Waals surface area (Å²) in [4.78, 5) is 16.5. The lowest BCUT2D eigenvalue weighted by Gasteiger charge is -2.07. The van der Waals surface area contributed by atoms with E-state index >= 15 is 0 Å². The van der Waals surface area contributed by atoms with Crippen LogP contribution in [-0.2, 0) is 21.2 Å². The average Bonchev–Trinajstić information content (AvgIpc) is 3.18. The zero-order valence-electron chi connectivity index (χ0n) is 16.1. The molecule has 0 aliphatic rings. The summed E-state index contributed by atoms with van der Waals surface area (Å²) in [5, 5.41) is 10.9. The molecule has 2 aromatic carbocycles. The Hall–Kier alpha value is -3.56. The largest absolute Gasteiger partial charge is 0.326 e. The van der Waals surface area contributed by atoms with Crippen molar-refractivity contribution in [1.82, 2.24) is 19.9 Å².